The summed E-state index contributed by atoms with van der Waals surface area (Å²) in [6, 6.07) is 17.9. The van der Waals surface area contributed by atoms with Crippen molar-refractivity contribution in [2.45, 2.75) is 23.8 Å². The molecule has 0 bridgehead atoms. The second-order valence-corrected chi connectivity index (χ2v) is 7.42. The Bertz CT molecular complexity index is 751. The minimum Gasteiger partial charge on any atom is -0.485 e. The van der Waals surface area contributed by atoms with Gasteiger partial charge < -0.3 is 4.74 Å². The summed E-state index contributed by atoms with van der Waals surface area (Å²) in [5.41, 5.74) is 2.62. The van der Waals surface area contributed by atoms with E-state index in [2.05, 4.69) is 25.1 Å². The lowest BCUT2D eigenvalue weighted by molar-refractivity contribution is 0.150. The van der Waals surface area contributed by atoms with Crippen molar-refractivity contribution in [1.82, 2.24) is 0 Å². The Labute approximate surface area is 133 Å². The van der Waals surface area contributed by atoms with E-state index in [-0.39, 0.29) is 6.10 Å². The van der Waals surface area contributed by atoms with E-state index in [0.717, 1.165) is 10.6 Å². The van der Waals surface area contributed by atoms with Crippen molar-refractivity contribution >= 4 is 10.8 Å². The van der Waals surface area contributed by atoms with Crippen molar-refractivity contribution in [2.24, 2.45) is 5.92 Å². The molecule has 3 heteroatoms. The molecule has 1 aliphatic heterocycles. The van der Waals surface area contributed by atoms with Gasteiger partial charge >= 0.3 is 0 Å². The van der Waals surface area contributed by atoms with Crippen LogP contribution < -0.4 is 4.74 Å². The van der Waals surface area contributed by atoms with Gasteiger partial charge in [0.1, 0.15) is 11.9 Å². The van der Waals surface area contributed by atoms with Crippen LogP contribution in [0.15, 0.2) is 71.1 Å². The highest BCUT2D eigenvalue weighted by Gasteiger charge is 2.50. The number of hydrogen-bond acceptors (Lipinski definition) is 2. The summed E-state index contributed by atoms with van der Waals surface area (Å²) in [6.07, 6.45) is 2.28. The number of hydrogen-bond donors (Lipinski definition) is 0. The number of ether oxygens (including phenoxy) is 1. The molecule has 1 fully saturated rings. The van der Waals surface area contributed by atoms with Crippen molar-refractivity contribution < 1.29 is 8.95 Å². The number of para-hydroxylation sites is 1. The van der Waals surface area contributed by atoms with Crippen LogP contribution in [0.25, 0.3) is 0 Å². The number of fused-ring (bicyclic) bond motifs is 3. The summed E-state index contributed by atoms with van der Waals surface area (Å²) in [5, 5.41) is 0. The van der Waals surface area contributed by atoms with Crippen molar-refractivity contribution in [2.75, 3.05) is 5.75 Å². The van der Waals surface area contributed by atoms with Gasteiger partial charge in [-0.25, -0.2) is 0 Å². The van der Waals surface area contributed by atoms with Gasteiger partial charge in [-0.15, -0.1) is 0 Å². The summed E-state index contributed by atoms with van der Waals surface area (Å²) < 4.78 is 18.4. The Morgan fingerprint density at radius 1 is 1.09 bits per heavy atom. The quantitative estimate of drug-likeness (QED) is 0.803. The van der Waals surface area contributed by atoms with Crippen LogP contribution in [0.5, 0.6) is 5.75 Å². The lowest BCUT2D eigenvalue weighted by Gasteiger charge is -2.40. The largest absolute Gasteiger partial charge is 0.485 e. The lowest BCUT2D eigenvalue weighted by atomic mass is 9.66. The molecule has 22 heavy (non-hydrogen) atoms. The molecular weight excluding hydrogens is 292 g/mol. The molecule has 0 amide bonds. The fourth-order valence-electron chi connectivity index (χ4n) is 3.53. The van der Waals surface area contributed by atoms with Gasteiger partial charge in [0.15, 0.2) is 0 Å². The maximum Gasteiger partial charge on any atom is 0.128 e. The third-order valence-corrected chi connectivity index (χ3v) is 6.00. The minimum absolute atomic E-state index is 0.153. The molecule has 4 atom stereocenters. The Morgan fingerprint density at radius 3 is 2.64 bits per heavy atom. The van der Waals surface area contributed by atoms with Gasteiger partial charge in [0.25, 0.3) is 0 Å². The van der Waals surface area contributed by atoms with Gasteiger partial charge in [-0.3, -0.25) is 4.21 Å². The van der Waals surface area contributed by atoms with E-state index in [4.69, 9.17) is 4.74 Å². The first-order valence-electron chi connectivity index (χ1n) is 7.64. The second kappa shape index (κ2) is 5.40. The first-order chi connectivity index (χ1) is 10.8. The molecule has 2 aliphatic rings. The van der Waals surface area contributed by atoms with Gasteiger partial charge in [-0.2, -0.15) is 0 Å². The Hall–Kier alpha value is -1.87. The van der Waals surface area contributed by atoms with Gasteiger partial charge in [-0.05, 0) is 29.7 Å². The van der Waals surface area contributed by atoms with Gasteiger partial charge in [0, 0.05) is 22.1 Å². The molecule has 1 unspecified atom stereocenters. The standard InChI is InChI=1S/C19H18O2S/c1-13-15(11-12-22(20)14-7-3-2-4-8-14)19-18(13)16-9-5-6-10-17(16)21-19/h2-11,13,18-19H,12H2,1H3/b15-11+/t13-,18-,19-,22?/m1/s1. The molecule has 2 aromatic rings. The van der Waals surface area contributed by atoms with Gasteiger partial charge in [0.2, 0.25) is 0 Å². The molecular formula is C19H18O2S. The molecule has 1 aliphatic carbocycles. The predicted molar refractivity (Wildman–Crippen MR) is 88.6 cm³/mol. The summed E-state index contributed by atoms with van der Waals surface area (Å²) in [7, 11) is -0.977. The van der Waals surface area contributed by atoms with E-state index >= 15 is 0 Å². The maximum absolute atomic E-state index is 12.3. The third kappa shape index (κ3) is 2.12. The second-order valence-electron chi connectivity index (χ2n) is 5.92. The summed E-state index contributed by atoms with van der Waals surface area (Å²) in [6.45, 7) is 2.24. The first kappa shape index (κ1) is 13.8. The molecule has 0 aromatic heterocycles. The van der Waals surface area contributed by atoms with Crippen LogP contribution in [-0.4, -0.2) is 16.1 Å². The molecule has 1 heterocycles. The maximum atomic E-state index is 12.3. The summed E-state index contributed by atoms with van der Waals surface area (Å²) in [5.74, 6) is 2.51. The van der Waals surface area contributed by atoms with Crippen LogP contribution in [0.2, 0.25) is 0 Å². The Kier molecular flexibility index (Phi) is 3.38. The van der Waals surface area contributed by atoms with Gasteiger partial charge in [0.05, 0.1) is 10.8 Å². The highest BCUT2D eigenvalue weighted by Crippen LogP contribution is 2.55. The molecule has 1 saturated carbocycles. The monoisotopic (exact) mass is 310 g/mol. The minimum atomic E-state index is -0.977. The molecule has 2 aromatic carbocycles. The summed E-state index contributed by atoms with van der Waals surface area (Å²) in [4.78, 5) is 0.888. The molecule has 2 nitrogen and oxygen atoms in total. The normalized spacial score (nSPS) is 28.4. The van der Waals surface area contributed by atoms with Crippen LogP contribution in [0.4, 0.5) is 0 Å². The summed E-state index contributed by atoms with van der Waals surface area (Å²) >= 11 is 0. The van der Waals surface area contributed by atoms with E-state index in [9.17, 15) is 4.21 Å². The average molecular weight is 310 g/mol. The molecule has 112 valence electrons. The molecule has 0 N–H and O–H groups in total. The van der Waals surface area contributed by atoms with Gasteiger partial charge in [-0.1, -0.05) is 49.4 Å². The SMILES string of the molecule is C[C@@H]1/C(=C\CS(=O)c2ccccc2)[C@H]2Oc3ccccc3[C@@H]12. The third-order valence-electron chi connectivity index (χ3n) is 4.73. The van der Waals surface area contributed by atoms with E-state index in [0.29, 0.717) is 17.6 Å². The topological polar surface area (TPSA) is 26.3 Å². The first-order valence-corrected chi connectivity index (χ1v) is 8.96. The van der Waals surface area contributed by atoms with Crippen LogP contribution in [0, 0.1) is 5.92 Å². The highest BCUT2D eigenvalue weighted by molar-refractivity contribution is 7.85. The van der Waals surface area contributed by atoms with Crippen molar-refractivity contribution in [3.05, 3.63) is 71.8 Å². The van der Waals surface area contributed by atoms with Crippen molar-refractivity contribution in [1.29, 1.82) is 0 Å². The molecule has 0 saturated heterocycles. The molecule has 0 spiro atoms. The zero-order valence-corrected chi connectivity index (χ0v) is 13.3. The fourth-order valence-corrected chi connectivity index (χ4v) is 4.53. The van der Waals surface area contributed by atoms with E-state index < -0.39 is 10.8 Å². The Balaban J connectivity index is 1.51. The van der Waals surface area contributed by atoms with Crippen molar-refractivity contribution in [3.8, 4) is 5.75 Å². The smallest absolute Gasteiger partial charge is 0.128 e. The lowest BCUT2D eigenvalue weighted by Crippen LogP contribution is -2.40. The molecule has 0 radical (unpaired) electrons. The highest BCUT2D eigenvalue weighted by atomic mass is 32.2. The van der Waals surface area contributed by atoms with Crippen LogP contribution in [0.3, 0.4) is 0 Å². The predicted octanol–water partition coefficient (Wildman–Crippen LogP) is 3.92. The average Bonchev–Trinajstić information content (AvgIpc) is 2.90. The van der Waals surface area contributed by atoms with Crippen LogP contribution in [0.1, 0.15) is 18.4 Å². The number of benzene rings is 2. The van der Waals surface area contributed by atoms with Crippen LogP contribution >= 0.6 is 0 Å². The molecule has 4 rings (SSSR count). The van der Waals surface area contributed by atoms with E-state index in [1.165, 1.54) is 11.1 Å². The Morgan fingerprint density at radius 2 is 1.82 bits per heavy atom. The number of rotatable bonds is 3. The van der Waals surface area contributed by atoms with Crippen LogP contribution in [-0.2, 0) is 10.8 Å². The fraction of sp³-hybridized carbons (Fsp3) is 0.263. The zero-order valence-electron chi connectivity index (χ0n) is 12.4. The van der Waals surface area contributed by atoms with E-state index in [1.807, 2.05) is 42.5 Å². The zero-order chi connectivity index (χ0) is 15.1. The van der Waals surface area contributed by atoms with E-state index in [1.54, 1.807) is 0 Å². The van der Waals surface area contributed by atoms with Crippen molar-refractivity contribution in [3.63, 3.8) is 0 Å².